The number of fused-ring (bicyclic) bond motifs is 1. The number of thiophene rings is 1. The molecule has 5 nitrogen and oxygen atoms in total. The lowest BCUT2D eigenvalue weighted by Gasteiger charge is -2.38. The van der Waals surface area contributed by atoms with Crippen molar-refractivity contribution in [3.05, 3.63) is 57.8 Å². The number of nitrogens with zero attached hydrogens (tertiary/aromatic N) is 2. The van der Waals surface area contributed by atoms with Crippen LogP contribution in [0.4, 0.5) is 0 Å². The van der Waals surface area contributed by atoms with E-state index in [0.29, 0.717) is 6.54 Å². The highest BCUT2D eigenvalue weighted by Crippen LogP contribution is 2.37. The van der Waals surface area contributed by atoms with Crippen LogP contribution in [0.3, 0.4) is 0 Å². The second-order valence-corrected chi connectivity index (χ2v) is 7.84. The molecule has 0 radical (unpaired) electrons. The monoisotopic (exact) mass is 372 g/mol. The van der Waals surface area contributed by atoms with Crippen LogP contribution >= 0.6 is 11.3 Å². The van der Waals surface area contributed by atoms with Gasteiger partial charge in [-0.3, -0.25) is 14.5 Å². The lowest BCUT2D eigenvalue weighted by atomic mass is 9.93. The number of carboxylic acids is 1. The highest BCUT2D eigenvalue weighted by atomic mass is 32.1. The molecule has 3 rings (SSSR count). The third kappa shape index (κ3) is 3.97. The molecule has 1 amide bonds. The third-order valence-electron chi connectivity index (χ3n) is 4.81. The maximum Gasteiger partial charge on any atom is 0.317 e. The van der Waals surface area contributed by atoms with E-state index in [2.05, 4.69) is 23.6 Å². The van der Waals surface area contributed by atoms with Crippen molar-refractivity contribution in [2.24, 2.45) is 0 Å². The van der Waals surface area contributed by atoms with Gasteiger partial charge in [0, 0.05) is 17.5 Å². The van der Waals surface area contributed by atoms with Gasteiger partial charge in [0.05, 0.1) is 19.1 Å². The SMILES string of the molecule is CC(C)N(CC(=O)O)CC(=O)N1CCc2sccc2C1c1ccccc1. The van der Waals surface area contributed by atoms with Crippen molar-refractivity contribution in [2.45, 2.75) is 32.4 Å². The van der Waals surface area contributed by atoms with E-state index in [0.717, 1.165) is 12.0 Å². The first-order valence-electron chi connectivity index (χ1n) is 8.84. The number of hydrogen-bond acceptors (Lipinski definition) is 4. The molecule has 6 heteroatoms. The number of hydrogen-bond donors (Lipinski definition) is 1. The minimum atomic E-state index is -0.912. The standard InChI is InChI=1S/C20H24N2O3S/c1-14(2)21(13-19(24)25)12-18(23)22-10-8-17-16(9-11-26-17)20(22)15-6-4-3-5-7-15/h3-7,9,11,14,20H,8,10,12-13H2,1-2H3,(H,24,25). The van der Waals surface area contributed by atoms with Crippen LogP contribution in [-0.2, 0) is 16.0 Å². The maximum atomic E-state index is 13.1. The first-order chi connectivity index (χ1) is 12.5. The number of rotatable bonds is 6. The molecule has 0 saturated carbocycles. The molecule has 1 atom stereocenters. The lowest BCUT2D eigenvalue weighted by molar-refractivity contribution is -0.141. The Labute approximate surface area is 157 Å². The molecular formula is C20H24N2O3S. The van der Waals surface area contributed by atoms with Crippen molar-refractivity contribution in [2.75, 3.05) is 19.6 Å². The Kier molecular flexibility index (Phi) is 5.74. The number of carbonyl (C=O) groups excluding carboxylic acids is 1. The summed E-state index contributed by atoms with van der Waals surface area (Å²) in [5.74, 6) is -0.935. The molecule has 26 heavy (non-hydrogen) atoms. The minimum Gasteiger partial charge on any atom is -0.480 e. The predicted octanol–water partition coefficient (Wildman–Crippen LogP) is 3.02. The molecule has 1 aromatic heterocycles. The van der Waals surface area contributed by atoms with E-state index >= 15 is 0 Å². The van der Waals surface area contributed by atoms with Crippen molar-refractivity contribution in [1.82, 2.24) is 9.80 Å². The predicted molar refractivity (Wildman–Crippen MR) is 102 cm³/mol. The Bertz CT molecular complexity index is 772. The highest BCUT2D eigenvalue weighted by molar-refractivity contribution is 7.10. The van der Waals surface area contributed by atoms with Crippen LogP contribution in [0, 0.1) is 0 Å². The van der Waals surface area contributed by atoms with Crippen LogP contribution in [0.2, 0.25) is 0 Å². The van der Waals surface area contributed by atoms with E-state index < -0.39 is 5.97 Å². The number of aliphatic carboxylic acids is 1. The van der Waals surface area contributed by atoms with Crippen LogP contribution in [0.5, 0.6) is 0 Å². The summed E-state index contributed by atoms with van der Waals surface area (Å²) in [5, 5.41) is 11.2. The Balaban J connectivity index is 1.87. The summed E-state index contributed by atoms with van der Waals surface area (Å²) in [5.41, 5.74) is 2.28. The van der Waals surface area contributed by atoms with Crippen molar-refractivity contribution in [3.8, 4) is 0 Å². The first kappa shape index (κ1) is 18.6. The van der Waals surface area contributed by atoms with Gasteiger partial charge < -0.3 is 10.0 Å². The molecule has 0 fully saturated rings. The topological polar surface area (TPSA) is 60.9 Å². The first-order valence-corrected chi connectivity index (χ1v) is 9.72. The smallest absolute Gasteiger partial charge is 0.317 e. The average Bonchev–Trinajstić information content (AvgIpc) is 3.09. The quantitative estimate of drug-likeness (QED) is 0.847. The molecule has 138 valence electrons. The second-order valence-electron chi connectivity index (χ2n) is 6.84. The Morgan fingerprint density at radius 2 is 1.96 bits per heavy atom. The molecule has 1 unspecified atom stereocenters. The molecule has 2 heterocycles. The number of amides is 1. The van der Waals surface area contributed by atoms with Gasteiger partial charge in [-0.1, -0.05) is 30.3 Å². The van der Waals surface area contributed by atoms with Crippen LogP contribution < -0.4 is 0 Å². The molecule has 1 aliphatic heterocycles. The van der Waals surface area contributed by atoms with E-state index in [-0.39, 0.29) is 31.1 Å². The van der Waals surface area contributed by atoms with Gasteiger partial charge in [-0.05, 0) is 42.8 Å². The normalized spacial score (nSPS) is 16.8. The fourth-order valence-corrected chi connectivity index (χ4v) is 4.34. The summed E-state index contributed by atoms with van der Waals surface area (Å²) < 4.78 is 0. The van der Waals surface area contributed by atoms with Crippen molar-refractivity contribution in [1.29, 1.82) is 0 Å². The molecule has 1 aromatic carbocycles. The van der Waals surface area contributed by atoms with Crippen molar-refractivity contribution >= 4 is 23.2 Å². The summed E-state index contributed by atoms with van der Waals surface area (Å²) in [6.07, 6.45) is 0.850. The van der Waals surface area contributed by atoms with Gasteiger partial charge in [-0.2, -0.15) is 0 Å². The molecule has 0 saturated heterocycles. The van der Waals surface area contributed by atoms with Gasteiger partial charge in [0.2, 0.25) is 5.91 Å². The van der Waals surface area contributed by atoms with Crippen LogP contribution in [-0.4, -0.2) is 52.5 Å². The molecule has 1 aliphatic rings. The Morgan fingerprint density at radius 1 is 1.23 bits per heavy atom. The van der Waals surface area contributed by atoms with Crippen molar-refractivity contribution in [3.63, 3.8) is 0 Å². The molecule has 0 aliphatic carbocycles. The van der Waals surface area contributed by atoms with E-state index in [1.54, 1.807) is 16.2 Å². The molecule has 2 aromatic rings. The van der Waals surface area contributed by atoms with Crippen molar-refractivity contribution < 1.29 is 14.7 Å². The summed E-state index contributed by atoms with van der Waals surface area (Å²) >= 11 is 1.74. The lowest BCUT2D eigenvalue weighted by Crippen LogP contribution is -2.48. The minimum absolute atomic E-state index is 0.00766. The van der Waals surface area contributed by atoms with E-state index in [1.807, 2.05) is 36.9 Å². The van der Waals surface area contributed by atoms with E-state index in [1.165, 1.54) is 10.4 Å². The molecule has 0 bridgehead atoms. The summed E-state index contributed by atoms with van der Waals surface area (Å²) in [6, 6.07) is 12.1. The van der Waals surface area contributed by atoms with Gasteiger partial charge in [0.1, 0.15) is 0 Å². The zero-order valence-corrected chi connectivity index (χ0v) is 15.9. The molecule has 0 spiro atoms. The van der Waals surface area contributed by atoms with Gasteiger partial charge >= 0.3 is 5.97 Å². The average molecular weight is 372 g/mol. The van der Waals surface area contributed by atoms with E-state index in [9.17, 15) is 9.59 Å². The van der Waals surface area contributed by atoms with Crippen LogP contribution in [0.1, 0.15) is 35.9 Å². The summed E-state index contributed by atoms with van der Waals surface area (Å²) in [6.45, 7) is 4.48. The summed E-state index contributed by atoms with van der Waals surface area (Å²) in [4.78, 5) is 29.2. The van der Waals surface area contributed by atoms with Gasteiger partial charge in [-0.25, -0.2) is 0 Å². The molecular weight excluding hydrogens is 348 g/mol. The highest BCUT2D eigenvalue weighted by Gasteiger charge is 2.33. The molecule has 1 N–H and O–H groups in total. The Hall–Kier alpha value is -2.18. The number of carboxylic acid groups (broad SMARTS) is 1. The van der Waals surface area contributed by atoms with Gasteiger partial charge in [0.25, 0.3) is 0 Å². The van der Waals surface area contributed by atoms with Crippen LogP contribution in [0.15, 0.2) is 41.8 Å². The Morgan fingerprint density at radius 3 is 2.62 bits per heavy atom. The zero-order chi connectivity index (χ0) is 18.7. The second kappa shape index (κ2) is 8.01. The summed E-state index contributed by atoms with van der Waals surface area (Å²) in [7, 11) is 0. The van der Waals surface area contributed by atoms with E-state index in [4.69, 9.17) is 5.11 Å². The van der Waals surface area contributed by atoms with Gasteiger partial charge in [-0.15, -0.1) is 11.3 Å². The fraction of sp³-hybridized carbons (Fsp3) is 0.400. The zero-order valence-electron chi connectivity index (χ0n) is 15.1. The maximum absolute atomic E-state index is 13.1. The van der Waals surface area contributed by atoms with Gasteiger partial charge in [0.15, 0.2) is 0 Å². The largest absolute Gasteiger partial charge is 0.480 e. The third-order valence-corrected chi connectivity index (χ3v) is 5.81. The van der Waals surface area contributed by atoms with Crippen LogP contribution in [0.25, 0.3) is 0 Å². The number of benzene rings is 1. The number of carbonyl (C=O) groups is 2. The fourth-order valence-electron chi connectivity index (χ4n) is 3.44.